The average molecular weight is 328 g/mol. The van der Waals surface area contributed by atoms with Crippen molar-refractivity contribution >= 4 is 23.2 Å². The third-order valence-corrected chi connectivity index (χ3v) is 4.02. The molecular formula is C14H19Cl2N5. The van der Waals surface area contributed by atoms with Crippen molar-refractivity contribution in [3.05, 3.63) is 46.0 Å². The van der Waals surface area contributed by atoms with E-state index in [0.717, 1.165) is 24.4 Å². The van der Waals surface area contributed by atoms with Gasteiger partial charge in [-0.25, -0.2) is 4.98 Å². The normalized spacial score (nSPS) is 12.6. The molecule has 0 aliphatic rings. The Balaban J connectivity index is 2.11. The monoisotopic (exact) mass is 327 g/mol. The van der Waals surface area contributed by atoms with Gasteiger partial charge in [-0.1, -0.05) is 36.2 Å². The molecule has 1 aromatic heterocycles. The van der Waals surface area contributed by atoms with Crippen molar-refractivity contribution in [2.24, 2.45) is 5.84 Å². The van der Waals surface area contributed by atoms with Crippen LogP contribution >= 0.6 is 23.2 Å². The predicted molar refractivity (Wildman–Crippen MR) is 85.3 cm³/mol. The van der Waals surface area contributed by atoms with E-state index in [1.807, 2.05) is 22.9 Å². The summed E-state index contributed by atoms with van der Waals surface area (Å²) >= 11 is 12.4. The van der Waals surface area contributed by atoms with Crippen LogP contribution in [0.3, 0.4) is 0 Å². The van der Waals surface area contributed by atoms with Gasteiger partial charge in [0.2, 0.25) is 0 Å². The molecule has 5 nitrogen and oxygen atoms in total. The highest BCUT2D eigenvalue weighted by molar-refractivity contribution is 6.36. The van der Waals surface area contributed by atoms with Gasteiger partial charge in [-0.2, -0.15) is 5.10 Å². The van der Waals surface area contributed by atoms with E-state index in [0.29, 0.717) is 22.9 Å². The van der Waals surface area contributed by atoms with Crippen LogP contribution in [0.25, 0.3) is 0 Å². The summed E-state index contributed by atoms with van der Waals surface area (Å²) in [5.41, 5.74) is 3.71. The van der Waals surface area contributed by atoms with Crippen molar-refractivity contribution in [2.45, 2.75) is 38.8 Å². The minimum Gasteiger partial charge on any atom is -0.271 e. The van der Waals surface area contributed by atoms with E-state index in [1.54, 1.807) is 6.33 Å². The lowest BCUT2D eigenvalue weighted by Crippen LogP contribution is -2.39. The molecule has 1 atom stereocenters. The first-order valence-corrected chi connectivity index (χ1v) is 7.67. The predicted octanol–water partition coefficient (Wildman–Crippen LogP) is 2.61. The van der Waals surface area contributed by atoms with Gasteiger partial charge in [0.05, 0.1) is 0 Å². The molecule has 114 valence electrons. The van der Waals surface area contributed by atoms with Crippen LogP contribution in [0.15, 0.2) is 24.5 Å². The van der Waals surface area contributed by atoms with Crippen molar-refractivity contribution in [1.29, 1.82) is 0 Å². The minimum absolute atomic E-state index is 0.0118. The largest absolute Gasteiger partial charge is 0.271 e. The quantitative estimate of drug-likeness (QED) is 0.605. The molecule has 0 bridgehead atoms. The number of nitrogens with zero attached hydrogens (tertiary/aromatic N) is 3. The van der Waals surface area contributed by atoms with E-state index in [2.05, 4.69) is 22.4 Å². The number of hydrogen-bond acceptors (Lipinski definition) is 4. The zero-order valence-electron chi connectivity index (χ0n) is 11.9. The summed E-state index contributed by atoms with van der Waals surface area (Å²) in [6.07, 6.45) is 3.88. The Morgan fingerprint density at radius 3 is 2.62 bits per heavy atom. The molecule has 2 aromatic rings. The summed E-state index contributed by atoms with van der Waals surface area (Å²) in [6, 6.07) is 5.48. The van der Waals surface area contributed by atoms with Crippen molar-refractivity contribution in [2.75, 3.05) is 0 Å². The molecular weight excluding hydrogens is 309 g/mol. The van der Waals surface area contributed by atoms with E-state index >= 15 is 0 Å². The maximum Gasteiger partial charge on any atom is 0.138 e. The zero-order chi connectivity index (χ0) is 15.2. The van der Waals surface area contributed by atoms with E-state index in [1.165, 1.54) is 0 Å². The summed E-state index contributed by atoms with van der Waals surface area (Å²) in [5, 5.41) is 5.52. The second-order valence-corrected chi connectivity index (χ2v) is 5.69. The highest BCUT2D eigenvalue weighted by Crippen LogP contribution is 2.25. The molecule has 0 amide bonds. The van der Waals surface area contributed by atoms with Crippen LogP contribution in [0.4, 0.5) is 0 Å². The molecule has 0 spiro atoms. The molecule has 1 aromatic carbocycles. The van der Waals surface area contributed by atoms with E-state index < -0.39 is 0 Å². The average Bonchev–Trinajstić information content (AvgIpc) is 2.89. The minimum atomic E-state index is -0.0118. The first-order chi connectivity index (χ1) is 10.2. The number of hydrazine groups is 1. The van der Waals surface area contributed by atoms with Gasteiger partial charge in [0, 0.05) is 29.1 Å². The Kier molecular flexibility index (Phi) is 5.99. The second-order valence-electron chi connectivity index (χ2n) is 4.87. The summed E-state index contributed by atoms with van der Waals surface area (Å²) in [5.74, 6) is 6.57. The molecule has 0 aliphatic carbocycles. The van der Waals surface area contributed by atoms with Gasteiger partial charge >= 0.3 is 0 Å². The summed E-state index contributed by atoms with van der Waals surface area (Å²) in [4.78, 5) is 4.30. The molecule has 0 radical (unpaired) electrons. The molecule has 2 rings (SSSR count). The topological polar surface area (TPSA) is 68.8 Å². The highest BCUT2D eigenvalue weighted by Gasteiger charge is 2.16. The van der Waals surface area contributed by atoms with Crippen molar-refractivity contribution in [1.82, 2.24) is 20.2 Å². The number of halogens is 2. The van der Waals surface area contributed by atoms with Gasteiger partial charge in [-0.05, 0) is 30.5 Å². The summed E-state index contributed by atoms with van der Waals surface area (Å²) in [7, 11) is 0. The van der Waals surface area contributed by atoms with Crippen molar-refractivity contribution in [3.63, 3.8) is 0 Å². The number of nitrogens with two attached hydrogens (primary N) is 1. The molecule has 7 heteroatoms. The maximum absolute atomic E-state index is 6.21. The molecule has 0 saturated carbocycles. The van der Waals surface area contributed by atoms with Crippen molar-refractivity contribution < 1.29 is 0 Å². The molecule has 1 heterocycles. The lowest BCUT2D eigenvalue weighted by Gasteiger charge is -2.17. The third-order valence-electron chi connectivity index (χ3n) is 3.31. The van der Waals surface area contributed by atoms with Gasteiger partial charge in [-0.3, -0.25) is 16.0 Å². The number of rotatable bonds is 7. The van der Waals surface area contributed by atoms with Gasteiger partial charge in [0.15, 0.2) is 0 Å². The molecule has 21 heavy (non-hydrogen) atoms. The van der Waals surface area contributed by atoms with Crippen LogP contribution in [-0.4, -0.2) is 20.8 Å². The lowest BCUT2D eigenvalue weighted by atomic mass is 10.0. The number of aromatic nitrogens is 3. The van der Waals surface area contributed by atoms with Gasteiger partial charge in [0.25, 0.3) is 0 Å². The molecule has 0 saturated heterocycles. The van der Waals surface area contributed by atoms with Crippen LogP contribution in [0.1, 0.15) is 24.7 Å². The Morgan fingerprint density at radius 1 is 1.29 bits per heavy atom. The Labute approximate surface area is 134 Å². The fourth-order valence-corrected chi connectivity index (χ4v) is 2.78. The maximum atomic E-state index is 6.21. The van der Waals surface area contributed by atoms with E-state index in [9.17, 15) is 0 Å². The Hall–Kier alpha value is -1.14. The van der Waals surface area contributed by atoms with Crippen LogP contribution in [-0.2, 0) is 19.4 Å². The molecule has 0 fully saturated rings. The first-order valence-electron chi connectivity index (χ1n) is 6.91. The first kappa shape index (κ1) is 16.2. The standard InChI is InChI=1S/C14H19Cl2N5/c1-2-6-21-14(18-9-19-21)8-10(20-17)7-11-12(15)4-3-5-13(11)16/h3-5,9-10,20H,2,6-8,17H2,1H3. The molecule has 3 N–H and O–H groups in total. The van der Waals surface area contributed by atoms with E-state index in [-0.39, 0.29) is 6.04 Å². The number of benzene rings is 1. The fraction of sp³-hybridized carbons (Fsp3) is 0.429. The van der Waals surface area contributed by atoms with Crippen LogP contribution < -0.4 is 11.3 Å². The zero-order valence-corrected chi connectivity index (χ0v) is 13.4. The third kappa shape index (κ3) is 4.17. The summed E-state index contributed by atoms with van der Waals surface area (Å²) < 4.78 is 1.90. The second kappa shape index (κ2) is 7.75. The van der Waals surface area contributed by atoms with E-state index in [4.69, 9.17) is 29.0 Å². The molecule has 0 aliphatic heterocycles. The number of nitrogens with one attached hydrogen (secondary N) is 1. The fourth-order valence-electron chi connectivity index (χ4n) is 2.23. The van der Waals surface area contributed by atoms with Crippen LogP contribution in [0, 0.1) is 0 Å². The van der Waals surface area contributed by atoms with Crippen LogP contribution in [0.5, 0.6) is 0 Å². The highest BCUT2D eigenvalue weighted by atomic mass is 35.5. The van der Waals surface area contributed by atoms with Gasteiger partial charge < -0.3 is 0 Å². The summed E-state index contributed by atoms with van der Waals surface area (Å²) in [6.45, 7) is 2.95. The van der Waals surface area contributed by atoms with Gasteiger partial charge in [-0.15, -0.1) is 0 Å². The number of hydrogen-bond donors (Lipinski definition) is 2. The van der Waals surface area contributed by atoms with Crippen LogP contribution in [0.2, 0.25) is 10.0 Å². The molecule has 1 unspecified atom stereocenters. The Bertz CT molecular complexity index is 564. The van der Waals surface area contributed by atoms with Gasteiger partial charge in [0.1, 0.15) is 12.2 Å². The SMILES string of the molecule is CCCn1ncnc1CC(Cc1c(Cl)cccc1Cl)NN. The van der Waals surface area contributed by atoms with Crippen molar-refractivity contribution in [3.8, 4) is 0 Å². The lowest BCUT2D eigenvalue weighted by molar-refractivity contribution is 0.482. The number of aryl methyl sites for hydroxylation is 1. The Morgan fingerprint density at radius 2 is 2.00 bits per heavy atom. The smallest absolute Gasteiger partial charge is 0.138 e.